The lowest BCUT2D eigenvalue weighted by molar-refractivity contribution is -0.141. The fourth-order valence-electron chi connectivity index (χ4n) is 2.26. The number of benzene rings is 1. The van der Waals surface area contributed by atoms with Gasteiger partial charge in [0.25, 0.3) is 0 Å². The largest absolute Gasteiger partial charge is 0.496 e. The summed E-state index contributed by atoms with van der Waals surface area (Å²) in [5, 5.41) is 9.09. The van der Waals surface area contributed by atoms with Crippen LogP contribution in [0.5, 0.6) is 5.75 Å². The Morgan fingerprint density at radius 3 is 2.75 bits per heavy atom. The van der Waals surface area contributed by atoms with Crippen LogP contribution in [0.1, 0.15) is 16.7 Å². The lowest BCUT2D eigenvalue weighted by Gasteiger charge is -2.20. The molecule has 1 atom stereocenters. The molecule has 0 radical (unpaired) electrons. The molecule has 1 aliphatic heterocycles. The third-order valence-corrected chi connectivity index (χ3v) is 3.67. The first-order valence-electron chi connectivity index (χ1n) is 6.25. The molecule has 6 heteroatoms. The van der Waals surface area contributed by atoms with Crippen LogP contribution < -0.4 is 4.74 Å². The molecule has 1 saturated heterocycles. The average Bonchev–Trinajstić information content (AvgIpc) is 2.77. The summed E-state index contributed by atoms with van der Waals surface area (Å²) >= 11 is 0. The molecular formula is C14H17NO5. The standard InChI is InChI=1S/C14H17NO5/c1-8-9(2)12(19-3)5-4-10(8)6-15-11(13(16)17)7-20-14(15)18/h4-5,11H,6-7H2,1-3H3,(H,16,17). The zero-order chi connectivity index (χ0) is 14.9. The predicted octanol–water partition coefficient (Wildman–Crippen LogP) is 1.72. The Hall–Kier alpha value is -2.24. The number of nitrogens with zero attached hydrogens (tertiary/aromatic N) is 1. The van der Waals surface area contributed by atoms with Crippen LogP contribution in [-0.4, -0.2) is 41.8 Å². The summed E-state index contributed by atoms with van der Waals surface area (Å²) < 4.78 is 10.0. The Balaban J connectivity index is 2.27. The predicted molar refractivity (Wildman–Crippen MR) is 70.8 cm³/mol. The number of cyclic esters (lactones) is 1. The van der Waals surface area contributed by atoms with Crippen molar-refractivity contribution in [3.8, 4) is 5.75 Å². The zero-order valence-electron chi connectivity index (χ0n) is 11.7. The van der Waals surface area contributed by atoms with E-state index in [9.17, 15) is 9.59 Å². The molecule has 0 bridgehead atoms. The Morgan fingerprint density at radius 1 is 1.45 bits per heavy atom. The van der Waals surface area contributed by atoms with Gasteiger partial charge in [0.2, 0.25) is 0 Å². The maximum absolute atomic E-state index is 11.6. The van der Waals surface area contributed by atoms with Crippen molar-refractivity contribution in [2.24, 2.45) is 0 Å². The minimum atomic E-state index is -1.06. The number of carboxylic acid groups (broad SMARTS) is 1. The molecule has 1 aromatic carbocycles. The highest BCUT2D eigenvalue weighted by atomic mass is 16.6. The minimum Gasteiger partial charge on any atom is -0.496 e. The number of rotatable bonds is 4. The van der Waals surface area contributed by atoms with Gasteiger partial charge >= 0.3 is 12.1 Å². The molecule has 1 fully saturated rings. The van der Waals surface area contributed by atoms with E-state index >= 15 is 0 Å². The fraction of sp³-hybridized carbons (Fsp3) is 0.429. The highest BCUT2D eigenvalue weighted by Crippen LogP contribution is 2.26. The van der Waals surface area contributed by atoms with Gasteiger partial charge in [-0.2, -0.15) is 0 Å². The van der Waals surface area contributed by atoms with Gasteiger partial charge in [0.15, 0.2) is 6.04 Å². The van der Waals surface area contributed by atoms with Crippen LogP contribution in [0.4, 0.5) is 4.79 Å². The molecule has 1 N–H and O–H groups in total. The quantitative estimate of drug-likeness (QED) is 0.908. The number of hydrogen-bond donors (Lipinski definition) is 1. The van der Waals surface area contributed by atoms with Crippen LogP contribution >= 0.6 is 0 Å². The first kappa shape index (κ1) is 14.2. The molecule has 1 aromatic rings. The van der Waals surface area contributed by atoms with Crippen molar-refractivity contribution in [3.05, 3.63) is 28.8 Å². The number of methoxy groups -OCH3 is 1. The van der Waals surface area contributed by atoms with Gasteiger partial charge in [-0.1, -0.05) is 6.07 Å². The van der Waals surface area contributed by atoms with Gasteiger partial charge in [-0.05, 0) is 36.6 Å². The number of carboxylic acids is 1. The molecule has 0 saturated carbocycles. The number of ether oxygens (including phenoxy) is 2. The Kier molecular flexibility index (Phi) is 3.83. The second kappa shape index (κ2) is 5.40. The molecule has 2 rings (SSSR count). The lowest BCUT2D eigenvalue weighted by Crippen LogP contribution is -2.39. The Morgan fingerprint density at radius 2 is 2.15 bits per heavy atom. The van der Waals surface area contributed by atoms with E-state index in [0.29, 0.717) is 0 Å². The minimum absolute atomic E-state index is 0.109. The summed E-state index contributed by atoms with van der Waals surface area (Å²) in [4.78, 5) is 24.0. The summed E-state index contributed by atoms with van der Waals surface area (Å²) in [6.07, 6.45) is -0.592. The van der Waals surface area contributed by atoms with Crippen molar-refractivity contribution in [3.63, 3.8) is 0 Å². The molecule has 0 spiro atoms. The van der Waals surface area contributed by atoms with Crippen LogP contribution in [0.15, 0.2) is 12.1 Å². The smallest absolute Gasteiger partial charge is 0.411 e. The van der Waals surface area contributed by atoms with Crippen molar-refractivity contribution in [2.75, 3.05) is 13.7 Å². The van der Waals surface area contributed by atoms with Crippen LogP contribution in [0.2, 0.25) is 0 Å². The topological polar surface area (TPSA) is 76.1 Å². The molecular weight excluding hydrogens is 262 g/mol. The van der Waals surface area contributed by atoms with Gasteiger partial charge in [-0.25, -0.2) is 9.59 Å². The molecule has 1 heterocycles. The molecule has 6 nitrogen and oxygen atoms in total. The van der Waals surface area contributed by atoms with Gasteiger partial charge in [0.1, 0.15) is 12.4 Å². The molecule has 20 heavy (non-hydrogen) atoms. The Bertz CT molecular complexity index is 555. The van der Waals surface area contributed by atoms with Crippen molar-refractivity contribution < 1.29 is 24.2 Å². The molecule has 1 amide bonds. The van der Waals surface area contributed by atoms with Crippen molar-refractivity contribution in [1.29, 1.82) is 0 Å². The molecule has 108 valence electrons. The molecule has 1 unspecified atom stereocenters. The number of carbonyl (C=O) groups excluding carboxylic acids is 1. The van der Waals surface area contributed by atoms with E-state index in [1.807, 2.05) is 26.0 Å². The third-order valence-electron chi connectivity index (χ3n) is 3.67. The van der Waals surface area contributed by atoms with E-state index in [2.05, 4.69) is 0 Å². The summed E-state index contributed by atoms with van der Waals surface area (Å²) in [5.41, 5.74) is 2.84. The SMILES string of the molecule is COc1ccc(CN2C(=O)OCC2C(=O)O)c(C)c1C. The maximum atomic E-state index is 11.6. The summed E-state index contributed by atoms with van der Waals surface area (Å²) in [5.74, 6) is -0.288. The summed E-state index contributed by atoms with van der Waals surface area (Å²) in [6, 6.07) is 2.73. The second-order valence-electron chi connectivity index (χ2n) is 4.74. The van der Waals surface area contributed by atoms with E-state index in [1.54, 1.807) is 7.11 Å². The fourth-order valence-corrected chi connectivity index (χ4v) is 2.26. The lowest BCUT2D eigenvalue weighted by atomic mass is 10.0. The van der Waals surface area contributed by atoms with Gasteiger partial charge < -0.3 is 14.6 Å². The summed E-state index contributed by atoms with van der Waals surface area (Å²) in [6.45, 7) is 3.95. The van der Waals surface area contributed by atoms with Crippen molar-refractivity contribution in [2.45, 2.75) is 26.4 Å². The van der Waals surface area contributed by atoms with Crippen molar-refractivity contribution >= 4 is 12.1 Å². The first-order chi connectivity index (χ1) is 9.45. The van der Waals surface area contributed by atoms with Gasteiger partial charge in [-0.15, -0.1) is 0 Å². The van der Waals surface area contributed by atoms with Gasteiger partial charge in [0.05, 0.1) is 13.7 Å². The van der Waals surface area contributed by atoms with Crippen LogP contribution in [0.3, 0.4) is 0 Å². The molecule has 1 aliphatic rings. The van der Waals surface area contributed by atoms with Crippen LogP contribution in [0, 0.1) is 13.8 Å². The normalized spacial score (nSPS) is 18.1. The molecule has 0 aromatic heterocycles. The number of hydrogen-bond acceptors (Lipinski definition) is 4. The highest BCUT2D eigenvalue weighted by Gasteiger charge is 2.38. The highest BCUT2D eigenvalue weighted by molar-refractivity contribution is 5.83. The van der Waals surface area contributed by atoms with E-state index in [4.69, 9.17) is 14.6 Å². The van der Waals surface area contributed by atoms with Crippen LogP contribution in [-0.2, 0) is 16.1 Å². The van der Waals surface area contributed by atoms with E-state index in [0.717, 1.165) is 22.4 Å². The van der Waals surface area contributed by atoms with Gasteiger partial charge in [-0.3, -0.25) is 4.90 Å². The monoisotopic (exact) mass is 279 g/mol. The number of amides is 1. The van der Waals surface area contributed by atoms with E-state index < -0.39 is 18.1 Å². The zero-order valence-corrected chi connectivity index (χ0v) is 11.7. The van der Waals surface area contributed by atoms with E-state index in [1.165, 1.54) is 4.90 Å². The second-order valence-corrected chi connectivity index (χ2v) is 4.74. The number of aliphatic carboxylic acids is 1. The third kappa shape index (κ3) is 2.41. The van der Waals surface area contributed by atoms with Gasteiger partial charge in [0, 0.05) is 0 Å². The maximum Gasteiger partial charge on any atom is 0.411 e. The van der Waals surface area contributed by atoms with E-state index in [-0.39, 0.29) is 13.2 Å². The molecule has 0 aliphatic carbocycles. The van der Waals surface area contributed by atoms with Crippen molar-refractivity contribution in [1.82, 2.24) is 4.90 Å². The van der Waals surface area contributed by atoms with Crippen LogP contribution in [0.25, 0.3) is 0 Å². The number of carbonyl (C=O) groups is 2. The first-order valence-corrected chi connectivity index (χ1v) is 6.25. The average molecular weight is 279 g/mol. The summed E-state index contributed by atoms with van der Waals surface area (Å²) in [7, 11) is 1.60. The Labute approximate surface area is 116 Å².